The molecular formula is C14H22N4. The predicted octanol–water partition coefficient (Wildman–Crippen LogP) is 1.61. The highest BCUT2D eigenvalue weighted by atomic mass is 15.1. The largest absolute Gasteiger partial charge is 0.365 e. The van der Waals surface area contributed by atoms with Gasteiger partial charge >= 0.3 is 0 Å². The Morgan fingerprint density at radius 3 is 2.39 bits per heavy atom. The molecule has 0 saturated carbocycles. The second-order valence-electron chi connectivity index (χ2n) is 4.78. The molecule has 4 nitrogen and oxygen atoms in total. The smallest absolute Gasteiger partial charge is 0.0382 e. The molecule has 2 rings (SSSR count). The summed E-state index contributed by atoms with van der Waals surface area (Å²) in [7, 11) is 4.18. The van der Waals surface area contributed by atoms with Crippen molar-refractivity contribution in [2.45, 2.75) is 19.0 Å². The third-order valence-electron chi connectivity index (χ3n) is 3.17. The highest BCUT2D eigenvalue weighted by molar-refractivity contribution is 5.06. The van der Waals surface area contributed by atoms with Crippen LogP contribution in [-0.4, -0.2) is 41.5 Å². The molecule has 0 aliphatic rings. The molecule has 1 unspecified atom stereocenters. The molecule has 2 aromatic heterocycles. The molecule has 2 heterocycles. The van der Waals surface area contributed by atoms with Crippen molar-refractivity contribution in [1.82, 2.24) is 20.2 Å². The molecule has 1 atom stereocenters. The number of hydrogen-bond acceptors (Lipinski definition) is 2. The van der Waals surface area contributed by atoms with Gasteiger partial charge in [0.2, 0.25) is 0 Å². The average molecular weight is 246 g/mol. The molecule has 0 bridgehead atoms. The van der Waals surface area contributed by atoms with E-state index in [0.717, 1.165) is 19.5 Å². The van der Waals surface area contributed by atoms with Gasteiger partial charge in [0.05, 0.1) is 0 Å². The summed E-state index contributed by atoms with van der Waals surface area (Å²) in [5.41, 5.74) is 2.54. The topological polar surface area (TPSA) is 46.9 Å². The van der Waals surface area contributed by atoms with E-state index in [2.05, 4.69) is 39.4 Å². The van der Waals surface area contributed by atoms with Crippen molar-refractivity contribution in [3.05, 3.63) is 48.0 Å². The van der Waals surface area contributed by atoms with Crippen molar-refractivity contribution < 1.29 is 0 Å². The molecular weight excluding hydrogens is 224 g/mol. The van der Waals surface area contributed by atoms with E-state index in [0.29, 0.717) is 6.04 Å². The summed E-state index contributed by atoms with van der Waals surface area (Å²) >= 11 is 0. The highest BCUT2D eigenvalue weighted by Crippen LogP contribution is 2.04. The monoisotopic (exact) mass is 246 g/mol. The first-order valence-electron chi connectivity index (χ1n) is 6.38. The summed E-state index contributed by atoms with van der Waals surface area (Å²) in [5, 5.41) is 3.38. The van der Waals surface area contributed by atoms with E-state index in [9.17, 15) is 0 Å². The Kier molecular flexibility index (Phi) is 4.61. The first kappa shape index (κ1) is 12.9. The number of rotatable bonds is 7. The van der Waals surface area contributed by atoms with E-state index < -0.39 is 0 Å². The molecule has 0 aromatic carbocycles. The second kappa shape index (κ2) is 6.42. The molecule has 0 radical (unpaired) electrons. The van der Waals surface area contributed by atoms with Gasteiger partial charge in [0.15, 0.2) is 0 Å². The van der Waals surface area contributed by atoms with Crippen molar-refractivity contribution in [1.29, 1.82) is 0 Å². The summed E-state index contributed by atoms with van der Waals surface area (Å²) in [6, 6.07) is 8.80. The summed E-state index contributed by atoms with van der Waals surface area (Å²) in [6.45, 7) is 1.98. The Morgan fingerprint density at radius 2 is 1.83 bits per heavy atom. The third-order valence-corrected chi connectivity index (χ3v) is 3.17. The zero-order valence-electron chi connectivity index (χ0n) is 11.1. The molecule has 0 spiro atoms. The van der Waals surface area contributed by atoms with E-state index >= 15 is 0 Å². The van der Waals surface area contributed by atoms with Crippen LogP contribution >= 0.6 is 0 Å². The van der Waals surface area contributed by atoms with Crippen molar-refractivity contribution >= 4 is 0 Å². The SMILES string of the molecule is CNC(Cc1ccc[nH]1)CN(C)Cc1ccc[nH]1. The van der Waals surface area contributed by atoms with Crippen LogP contribution in [0.1, 0.15) is 11.4 Å². The lowest BCUT2D eigenvalue weighted by atomic mass is 10.1. The summed E-state index contributed by atoms with van der Waals surface area (Å²) in [4.78, 5) is 8.82. The number of aromatic nitrogens is 2. The minimum absolute atomic E-state index is 0.462. The number of nitrogens with zero attached hydrogens (tertiary/aromatic N) is 1. The molecule has 3 N–H and O–H groups in total. The van der Waals surface area contributed by atoms with Crippen LogP contribution in [0, 0.1) is 0 Å². The summed E-state index contributed by atoms with van der Waals surface area (Å²) in [5.74, 6) is 0. The van der Waals surface area contributed by atoms with Gasteiger partial charge in [-0.2, -0.15) is 0 Å². The van der Waals surface area contributed by atoms with Crippen LogP contribution in [0.25, 0.3) is 0 Å². The molecule has 0 aliphatic carbocycles. The van der Waals surface area contributed by atoms with Crippen LogP contribution in [0.5, 0.6) is 0 Å². The number of H-pyrrole nitrogens is 2. The fourth-order valence-corrected chi connectivity index (χ4v) is 2.22. The van der Waals surface area contributed by atoms with Crippen molar-refractivity contribution in [2.75, 3.05) is 20.6 Å². The normalized spacial score (nSPS) is 13.1. The number of hydrogen-bond donors (Lipinski definition) is 3. The summed E-state index contributed by atoms with van der Waals surface area (Å²) < 4.78 is 0. The molecule has 98 valence electrons. The Bertz CT molecular complexity index is 419. The van der Waals surface area contributed by atoms with Gasteiger partial charge in [-0.15, -0.1) is 0 Å². The lowest BCUT2D eigenvalue weighted by molar-refractivity contribution is 0.283. The van der Waals surface area contributed by atoms with E-state index in [1.165, 1.54) is 11.4 Å². The molecule has 0 aliphatic heterocycles. The maximum Gasteiger partial charge on any atom is 0.0382 e. The standard InChI is InChI=1S/C14H22N4/c1-15-14(9-12-5-3-7-16-12)11-18(2)10-13-6-4-8-17-13/h3-8,14-17H,9-11H2,1-2H3. The fourth-order valence-electron chi connectivity index (χ4n) is 2.22. The molecule has 18 heavy (non-hydrogen) atoms. The van der Waals surface area contributed by atoms with Crippen LogP contribution < -0.4 is 5.32 Å². The van der Waals surface area contributed by atoms with Crippen molar-refractivity contribution in [2.24, 2.45) is 0 Å². The van der Waals surface area contributed by atoms with E-state index in [1.807, 2.05) is 31.6 Å². The minimum atomic E-state index is 0.462. The van der Waals surface area contributed by atoms with Gasteiger partial charge < -0.3 is 15.3 Å². The first-order chi connectivity index (χ1) is 8.78. The predicted molar refractivity (Wildman–Crippen MR) is 74.5 cm³/mol. The van der Waals surface area contributed by atoms with Crippen LogP contribution in [0.2, 0.25) is 0 Å². The average Bonchev–Trinajstić information content (AvgIpc) is 3.01. The van der Waals surface area contributed by atoms with Gasteiger partial charge in [-0.05, 0) is 38.4 Å². The maximum atomic E-state index is 3.38. The van der Waals surface area contributed by atoms with Gasteiger partial charge in [0.25, 0.3) is 0 Å². The van der Waals surface area contributed by atoms with Crippen LogP contribution in [0.15, 0.2) is 36.7 Å². The van der Waals surface area contributed by atoms with E-state index in [4.69, 9.17) is 0 Å². The summed E-state index contributed by atoms with van der Waals surface area (Å²) in [6.07, 6.45) is 4.97. The molecule has 0 saturated heterocycles. The van der Waals surface area contributed by atoms with Crippen molar-refractivity contribution in [3.8, 4) is 0 Å². The number of likely N-dealkylation sites (N-methyl/N-ethyl adjacent to an activating group) is 2. The minimum Gasteiger partial charge on any atom is -0.365 e. The Balaban J connectivity index is 1.82. The molecule has 0 amide bonds. The Morgan fingerprint density at radius 1 is 1.17 bits per heavy atom. The zero-order chi connectivity index (χ0) is 12.8. The van der Waals surface area contributed by atoms with Crippen LogP contribution in [0.3, 0.4) is 0 Å². The number of nitrogens with one attached hydrogen (secondary N) is 3. The van der Waals surface area contributed by atoms with Gasteiger partial charge in [-0.3, -0.25) is 4.90 Å². The van der Waals surface area contributed by atoms with Crippen LogP contribution in [0.4, 0.5) is 0 Å². The van der Waals surface area contributed by atoms with Gasteiger partial charge in [-0.1, -0.05) is 0 Å². The highest BCUT2D eigenvalue weighted by Gasteiger charge is 2.11. The first-order valence-corrected chi connectivity index (χ1v) is 6.38. The molecule has 4 heteroatoms. The van der Waals surface area contributed by atoms with Crippen molar-refractivity contribution in [3.63, 3.8) is 0 Å². The quantitative estimate of drug-likeness (QED) is 0.695. The zero-order valence-corrected chi connectivity index (χ0v) is 11.1. The van der Waals surface area contributed by atoms with Gasteiger partial charge in [0.1, 0.15) is 0 Å². The molecule has 0 fully saturated rings. The lowest BCUT2D eigenvalue weighted by Crippen LogP contribution is -2.39. The third kappa shape index (κ3) is 3.75. The lowest BCUT2D eigenvalue weighted by Gasteiger charge is -2.23. The fraction of sp³-hybridized carbons (Fsp3) is 0.429. The van der Waals surface area contributed by atoms with E-state index in [-0.39, 0.29) is 0 Å². The number of aromatic amines is 2. The Hall–Kier alpha value is -1.52. The molecule has 2 aromatic rings. The van der Waals surface area contributed by atoms with E-state index in [1.54, 1.807) is 0 Å². The maximum absolute atomic E-state index is 3.38. The Labute approximate surface area is 108 Å². The van der Waals surface area contributed by atoms with Gasteiger partial charge in [0, 0.05) is 49.3 Å². The van der Waals surface area contributed by atoms with Gasteiger partial charge in [-0.25, -0.2) is 0 Å². The second-order valence-corrected chi connectivity index (χ2v) is 4.78. The van der Waals surface area contributed by atoms with Crippen LogP contribution in [-0.2, 0) is 13.0 Å².